The Morgan fingerprint density at radius 3 is 2.07 bits per heavy atom. The van der Waals surface area contributed by atoms with Crippen LogP contribution >= 0.6 is 0 Å². The maximum Gasteiger partial charge on any atom is 0.246 e. The zero-order valence-corrected chi connectivity index (χ0v) is 41.5. The molecule has 74 heavy (non-hydrogen) atoms. The van der Waals surface area contributed by atoms with Crippen LogP contribution < -0.4 is 65.9 Å². The Labute approximate surface area is 428 Å². The van der Waals surface area contributed by atoms with E-state index in [4.69, 9.17) is 28.7 Å². The first-order valence-corrected chi connectivity index (χ1v) is 24.7. The Balaban J connectivity index is 1.51. The number of guanidine groups is 2. The third kappa shape index (κ3) is 17.5. The van der Waals surface area contributed by atoms with E-state index in [0.29, 0.717) is 17.5 Å². The van der Waals surface area contributed by atoms with E-state index in [9.17, 15) is 43.2 Å². The first-order chi connectivity index (χ1) is 35.4. The van der Waals surface area contributed by atoms with Gasteiger partial charge in [0.2, 0.25) is 53.2 Å². The number of nitrogens with zero attached hydrogens (tertiary/aromatic N) is 3. The second kappa shape index (κ2) is 28.1. The molecule has 0 unspecified atom stereocenters. The highest BCUT2D eigenvalue weighted by Crippen LogP contribution is 2.22. The van der Waals surface area contributed by atoms with E-state index in [1.54, 1.807) is 36.5 Å². The molecule has 25 heteroatoms. The largest absolute Gasteiger partial charge is 0.370 e. The normalized spacial score (nSPS) is 22.1. The summed E-state index contributed by atoms with van der Waals surface area (Å²) in [6.07, 6.45) is 2.60. The molecule has 0 bridgehead atoms. The molecule has 0 aliphatic carbocycles. The van der Waals surface area contributed by atoms with Crippen molar-refractivity contribution in [3.05, 3.63) is 71.9 Å². The third-order valence-electron chi connectivity index (χ3n) is 12.6. The van der Waals surface area contributed by atoms with Crippen LogP contribution in [0.15, 0.2) is 70.8 Å². The molecule has 2 fully saturated rings. The molecule has 2 aliphatic heterocycles. The van der Waals surface area contributed by atoms with Crippen molar-refractivity contribution in [2.24, 2.45) is 38.7 Å². The molecule has 0 saturated carbocycles. The molecule has 7 atom stereocenters. The van der Waals surface area contributed by atoms with Gasteiger partial charge in [-0.15, -0.1) is 0 Å². The number of hydrogen-bond donors (Lipinski definition) is 13. The molecule has 25 nitrogen and oxygen atoms in total. The van der Waals surface area contributed by atoms with Crippen molar-refractivity contribution in [1.82, 2.24) is 47.1 Å². The van der Waals surface area contributed by atoms with Gasteiger partial charge in [0, 0.05) is 63.0 Å². The number of primary amides is 1. The quantitative estimate of drug-likeness (QED) is 0.0391. The fourth-order valence-corrected chi connectivity index (χ4v) is 8.88. The number of aliphatic imine (C=N–C) groups is 2. The molecular weight excluding hydrogens is 957 g/mol. The van der Waals surface area contributed by atoms with Gasteiger partial charge in [0.05, 0.1) is 6.42 Å². The van der Waals surface area contributed by atoms with Gasteiger partial charge in [0.1, 0.15) is 42.3 Å². The minimum Gasteiger partial charge on any atom is -0.370 e. The van der Waals surface area contributed by atoms with Crippen molar-refractivity contribution in [3.8, 4) is 0 Å². The molecule has 2 aromatic carbocycles. The van der Waals surface area contributed by atoms with Crippen molar-refractivity contribution in [2.75, 3.05) is 26.2 Å². The highest BCUT2D eigenvalue weighted by molar-refractivity contribution is 5.99. The summed E-state index contributed by atoms with van der Waals surface area (Å²) in [6.45, 7) is 1.53. The van der Waals surface area contributed by atoms with Crippen LogP contribution in [-0.2, 0) is 56.0 Å². The van der Waals surface area contributed by atoms with E-state index < -0.39 is 102 Å². The van der Waals surface area contributed by atoms with E-state index >= 15 is 0 Å². The average Bonchev–Trinajstić information content (AvgIpc) is 4.02. The lowest BCUT2D eigenvalue weighted by atomic mass is 10.0. The van der Waals surface area contributed by atoms with Crippen LogP contribution in [0.25, 0.3) is 10.9 Å². The first kappa shape index (κ1) is 56.7. The Kier molecular flexibility index (Phi) is 21.5. The Bertz CT molecular complexity index is 2530. The number of benzene rings is 2. The lowest BCUT2D eigenvalue weighted by Crippen LogP contribution is -2.60. The second-order valence-electron chi connectivity index (χ2n) is 18.4. The number of rotatable bonds is 16. The number of fused-ring (bicyclic) bond motifs is 2. The smallest absolute Gasteiger partial charge is 0.246 e. The number of para-hydroxylation sites is 1. The van der Waals surface area contributed by atoms with Crippen LogP contribution in [0.5, 0.6) is 0 Å². The summed E-state index contributed by atoms with van der Waals surface area (Å²) in [5.74, 6) is -6.96. The van der Waals surface area contributed by atoms with Crippen molar-refractivity contribution in [3.63, 3.8) is 0 Å². The minimum absolute atomic E-state index is 0.0322. The molecule has 0 radical (unpaired) electrons. The summed E-state index contributed by atoms with van der Waals surface area (Å²) in [5.41, 5.74) is 29.9. The van der Waals surface area contributed by atoms with E-state index in [2.05, 4.69) is 52.2 Å². The van der Waals surface area contributed by atoms with Gasteiger partial charge in [-0.25, -0.2) is 0 Å². The standard InChI is InChI=1S/C49H70N16O9/c1-28(66)59-34(17-9-21-56-48(51)52)42(69)64-38-26-40(67)55-20-8-7-16-33(41(50)68)60-45(72)37(25-30-27-58-32-15-6-5-14-31(30)32)62-43(70)35(18-10-22-57-49(53)54)61-44(71)36(24-29-12-3-2-4-13-29)63-46(73)39-19-11-23-65(39)47(38)74/h2-6,12-15,27,33-39,58H,7-11,16-26H2,1H3,(H2,50,68)(H,55,67)(H,59,66)(H,60,72)(H,61,71)(H,62,70)(H,63,73)(H,64,69)(H4,51,52,56)(H4,53,54,57)/t33-,34-,35-,36+,37-,38-,39-/m0/s1. The Morgan fingerprint density at radius 1 is 0.730 bits per heavy atom. The Hall–Kier alpha value is -8.25. The molecule has 9 amide bonds. The number of hydrogen-bond acceptors (Lipinski definition) is 11. The number of amides is 9. The first-order valence-electron chi connectivity index (χ1n) is 24.7. The van der Waals surface area contributed by atoms with Gasteiger partial charge in [-0.1, -0.05) is 48.5 Å². The molecule has 2 saturated heterocycles. The summed E-state index contributed by atoms with van der Waals surface area (Å²) in [5, 5.41) is 19.8. The minimum atomic E-state index is -1.53. The van der Waals surface area contributed by atoms with E-state index in [0.717, 1.165) is 10.9 Å². The molecule has 3 heterocycles. The monoisotopic (exact) mass is 1030 g/mol. The fourth-order valence-electron chi connectivity index (χ4n) is 8.88. The summed E-state index contributed by atoms with van der Waals surface area (Å²) in [4.78, 5) is 137. The zero-order valence-electron chi connectivity index (χ0n) is 41.5. The van der Waals surface area contributed by atoms with Crippen molar-refractivity contribution < 1.29 is 43.2 Å². The summed E-state index contributed by atoms with van der Waals surface area (Å²) in [6, 6.07) is 7.08. The topological polar surface area (TPSA) is 412 Å². The summed E-state index contributed by atoms with van der Waals surface area (Å²) in [7, 11) is 0. The maximum atomic E-state index is 14.6. The number of nitrogens with two attached hydrogens (primary N) is 5. The van der Waals surface area contributed by atoms with Crippen LogP contribution in [0.2, 0.25) is 0 Å². The lowest BCUT2D eigenvalue weighted by Gasteiger charge is -2.31. The predicted octanol–water partition coefficient (Wildman–Crippen LogP) is -2.84. The number of aromatic nitrogens is 1. The molecule has 5 rings (SSSR count). The number of aromatic amines is 1. The van der Waals surface area contributed by atoms with Crippen molar-refractivity contribution >= 4 is 76.0 Å². The number of H-pyrrole nitrogens is 1. The summed E-state index contributed by atoms with van der Waals surface area (Å²) < 4.78 is 0. The van der Waals surface area contributed by atoms with Crippen LogP contribution in [0, 0.1) is 0 Å². The molecule has 2 aliphatic rings. The molecule has 18 N–H and O–H groups in total. The van der Waals surface area contributed by atoms with Crippen LogP contribution in [0.4, 0.5) is 0 Å². The van der Waals surface area contributed by atoms with Crippen molar-refractivity contribution in [2.45, 2.75) is 126 Å². The predicted molar refractivity (Wildman–Crippen MR) is 275 cm³/mol. The highest BCUT2D eigenvalue weighted by Gasteiger charge is 2.41. The SMILES string of the molecule is CC(=O)N[C@@H](CCCN=C(N)N)C(=O)N[C@H]1CC(=O)NCCCC[C@@H](C(N)=O)NC(=O)[C@H](Cc2c[nH]c3ccccc23)NC(=O)[C@H](CCCN=C(N)N)NC(=O)[C@@H](Cc2ccccc2)NC(=O)[C@@H]2CCCN2C1=O. The third-order valence-corrected chi connectivity index (χ3v) is 12.6. The molecule has 400 valence electrons. The molecule has 0 spiro atoms. The fraction of sp³-hybridized carbons (Fsp3) is 0.490. The van der Waals surface area contributed by atoms with Gasteiger partial charge < -0.3 is 75.8 Å². The lowest BCUT2D eigenvalue weighted by molar-refractivity contribution is -0.143. The van der Waals surface area contributed by atoms with Crippen LogP contribution in [0.1, 0.15) is 82.3 Å². The van der Waals surface area contributed by atoms with Crippen LogP contribution in [0.3, 0.4) is 0 Å². The molecule has 3 aromatic rings. The van der Waals surface area contributed by atoms with Gasteiger partial charge in [0.15, 0.2) is 11.9 Å². The Morgan fingerprint density at radius 2 is 1.36 bits per heavy atom. The van der Waals surface area contributed by atoms with Crippen molar-refractivity contribution in [1.29, 1.82) is 0 Å². The number of nitrogens with one attached hydrogen (secondary N) is 8. The second-order valence-corrected chi connectivity index (χ2v) is 18.4. The summed E-state index contributed by atoms with van der Waals surface area (Å²) >= 11 is 0. The zero-order chi connectivity index (χ0) is 53.7. The number of carbonyl (C=O) groups is 9. The molecule has 1 aromatic heterocycles. The maximum absolute atomic E-state index is 14.6. The molecular formula is C49H70N16O9. The number of carbonyl (C=O) groups excluding carboxylic acids is 9. The van der Waals surface area contributed by atoms with Gasteiger partial charge in [-0.2, -0.15) is 0 Å². The van der Waals surface area contributed by atoms with E-state index in [-0.39, 0.29) is 102 Å². The van der Waals surface area contributed by atoms with Gasteiger partial charge in [0.25, 0.3) is 0 Å². The van der Waals surface area contributed by atoms with Gasteiger partial charge in [-0.05, 0) is 75.0 Å². The average molecular weight is 1030 g/mol. The van der Waals surface area contributed by atoms with Crippen LogP contribution in [-0.4, -0.2) is 143 Å². The van der Waals surface area contributed by atoms with Gasteiger partial charge in [-0.3, -0.25) is 53.1 Å². The van der Waals surface area contributed by atoms with Gasteiger partial charge >= 0.3 is 0 Å². The van der Waals surface area contributed by atoms with E-state index in [1.165, 1.54) is 11.8 Å². The van der Waals surface area contributed by atoms with E-state index in [1.807, 2.05) is 24.3 Å². The highest BCUT2D eigenvalue weighted by atomic mass is 16.2.